The van der Waals surface area contributed by atoms with E-state index in [0.717, 1.165) is 31.4 Å². The molecule has 1 atom stereocenters. The summed E-state index contributed by atoms with van der Waals surface area (Å²) >= 11 is 0. The Morgan fingerprint density at radius 2 is 1.92 bits per heavy atom. The Morgan fingerprint density at radius 1 is 1.12 bits per heavy atom. The number of amides is 1. The van der Waals surface area contributed by atoms with Gasteiger partial charge in [-0.25, -0.2) is 4.79 Å². The summed E-state index contributed by atoms with van der Waals surface area (Å²) in [7, 11) is 0. The number of ether oxygens (including phenoxy) is 1. The number of rotatable bonds is 3. The Hall–Kier alpha value is -2.18. The third-order valence-corrected chi connectivity index (χ3v) is 5.17. The number of hydrogen-bond donors (Lipinski definition) is 0. The zero-order valence-corrected chi connectivity index (χ0v) is 14.9. The second-order valence-electron chi connectivity index (χ2n) is 7.09. The lowest BCUT2D eigenvalue weighted by Crippen LogP contribution is -2.42. The lowest BCUT2D eigenvalue weighted by Gasteiger charge is -2.26. The maximum Gasteiger partial charge on any atom is 0.349 e. The molecular formula is C20H24N2O4. The van der Waals surface area contributed by atoms with E-state index in [1.807, 2.05) is 18.2 Å². The van der Waals surface area contributed by atoms with Crippen molar-refractivity contribution in [2.75, 3.05) is 39.3 Å². The molecule has 0 spiro atoms. The molecule has 6 heteroatoms. The quantitative estimate of drug-likeness (QED) is 0.789. The summed E-state index contributed by atoms with van der Waals surface area (Å²) in [4.78, 5) is 29.4. The van der Waals surface area contributed by atoms with Crippen molar-refractivity contribution in [1.82, 2.24) is 9.80 Å². The van der Waals surface area contributed by atoms with E-state index in [1.54, 1.807) is 17.0 Å². The van der Waals surface area contributed by atoms with Gasteiger partial charge in [-0.1, -0.05) is 18.2 Å². The van der Waals surface area contributed by atoms with Crippen molar-refractivity contribution in [2.24, 2.45) is 0 Å². The highest BCUT2D eigenvalue weighted by Gasteiger charge is 2.27. The molecule has 1 aromatic heterocycles. The van der Waals surface area contributed by atoms with Crippen LogP contribution >= 0.6 is 0 Å². The van der Waals surface area contributed by atoms with Crippen LogP contribution in [0.25, 0.3) is 11.0 Å². The zero-order valence-electron chi connectivity index (χ0n) is 14.9. The van der Waals surface area contributed by atoms with Crippen LogP contribution in [0.1, 0.15) is 29.6 Å². The molecule has 2 fully saturated rings. The molecule has 0 radical (unpaired) electrons. The van der Waals surface area contributed by atoms with E-state index in [4.69, 9.17) is 9.15 Å². The zero-order chi connectivity index (χ0) is 17.9. The van der Waals surface area contributed by atoms with Crippen LogP contribution < -0.4 is 5.63 Å². The molecule has 0 bridgehead atoms. The van der Waals surface area contributed by atoms with Gasteiger partial charge in [0.25, 0.3) is 5.91 Å². The first-order valence-electron chi connectivity index (χ1n) is 9.37. The Balaban J connectivity index is 1.54. The largest absolute Gasteiger partial charge is 0.422 e. The lowest BCUT2D eigenvalue weighted by atomic mass is 10.1. The molecule has 0 saturated carbocycles. The standard InChI is InChI=1S/C20H24N2O4/c23-19(17-12-15-6-1-2-7-18(15)26-20(17)24)22-10-5-11-25-16(14-22)13-21-8-3-4-9-21/h1-2,6-7,12,16H,3-5,8-11,13-14H2. The van der Waals surface area contributed by atoms with E-state index in [0.29, 0.717) is 25.3 Å². The fraction of sp³-hybridized carbons (Fsp3) is 0.500. The minimum atomic E-state index is -0.574. The molecule has 4 rings (SSSR count). The first-order chi connectivity index (χ1) is 12.7. The average Bonchev–Trinajstić information content (AvgIpc) is 3.04. The van der Waals surface area contributed by atoms with Gasteiger partial charge in [0.2, 0.25) is 0 Å². The summed E-state index contributed by atoms with van der Waals surface area (Å²) in [6.45, 7) is 4.80. The second kappa shape index (κ2) is 7.60. The van der Waals surface area contributed by atoms with Crippen LogP contribution in [-0.2, 0) is 4.74 Å². The molecule has 26 heavy (non-hydrogen) atoms. The molecular weight excluding hydrogens is 332 g/mol. The van der Waals surface area contributed by atoms with Gasteiger partial charge in [-0.15, -0.1) is 0 Å². The number of fused-ring (bicyclic) bond motifs is 1. The first-order valence-corrected chi connectivity index (χ1v) is 9.37. The van der Waals surface area contributed by atoms with E-state index >= 15 is 0 Å². The molecule has 3 heterocycles. The molecule has 2 aliphatic rings. The molecule has 6 nitrogen and oxygen atoms in total. The average molecular weight is 356 g/mol. The molecule has 0 N–H and O–H groups in total. The van der Waals surface area contributed by atoms with E-state index in [2.05, 4.69) is 4.90 Å². The summed E-state index contributed by atoms with van der Waals surface area (Å²) in [6.07, 6.45) is 3.23. The normalized spacial score (nSPS) is 21.8. The lowest BCUT2D eigenvalue weighted by molar-refractivity contribution is 0.0296. The highest BCUT2D eigenvalue weighted by atomic mass is 16.5. The van der Waals surface area contributed by atoms with Gasteiger partial charge in [-0.05, 0) is 44.5 Å². The number of benzene rings is 1. The van der Waals surface area contributed by atoms with Crippen LogP contribution in [0.3, 0.4) is 0 Å². The second-order valence-corrected chi connectivity index (χ2v) is 7.09. The number of para-hydroxylation sites is 1. The number of carbonyl (C=O) groups excluding carboxylic acids is 1. The third-order valence-electron chi connectivity index (χ3n) is 5.17. The van der Waals surface area contributed by atoms with Crippen LogP contribution in [0.4, 0.5) is 0 Å². The summed E-state index contributed by atoms with van der Waals surface area (Å²) in [6, 6.07) is 8.89. The Labute approximate surface area is 152 Å². The van der Waals surface area contributed by atoms with Crippen LogP contribution in [0, 0.1) is 0 Å². The summed E-state index contributed by atoms with van der Waals surface area (Å²) < 4.78 is 11.3. The molecule has 2 aliphatic heterocycles. The van der Waals surface area contributed by atoms with Gasteiger partial charge in [0.05, 0.1) is 6.10 Å². The van der Waals surface area contributed by atoms with Crippen LogP contribution in [0.2, 0.25) is 0 Å². The van der Waals surface area contributed by atoms with Crippen molar-refractivity contribution in [3.63, 3.8) is 0 Å². The van der Waals surface area contributed by atoms with Crippen LogP contribution in [0.15, 0.2) is 39.5 Å². The number of hydrogen-bond acceptors (Lipinski definition) is 5. The highest BCUT2D eigenvalue weighted by molar-refractivity contribution is 5.96. The van der Waals surface area contributed by atoms with Gasteiger partial charge in [0, 0.05) is 31.6 Å². The predicted molar refractivity (Wildman–Crippen MR) is 98.4 cm³/mol. The Kier molecular flexibility index (Phi) is 5.04. The number of likely N-dealkylation sites (tertiary alicyclic amines) is 1. The number of nitrogens with zero attached hydrogens (tertiary/aromatic N) is 2. The van der Waals surface area contributed by atoms with E-state index < -0.39 is 5.63 Å². The molecule has 1 amide bonds. The summed E-state index contributed by atoms with van der Waals surface area (Å²) in [5.74, 6) is -0.263. The van der Waals surface area contributed by atoms with Gasteiger partial charge in [0.1, 0.15) is 11.1 Å². The van der Waals surface area contributed by atoms with Crippen molar-refractivity contribution in [3.05, 3.63) is 46.3 Å². The molecule has 138 valence electrons. The fourth-order valence-electron chi connectivity index (χ4n) is 3.82. The number of carbonyl (C=O) groups is 1. The van der Waals surface area contributed by atoms with Gasteiger partial charge < -0.3 is 19.0 Å². The molecule has 1 aromatic carbocycles. The molecule has 2 aromatic rings. The van der Waals surface area contributed by atoms with Crippen molar-refractivity contribution < 1.29 is 13.9 Å². The van der Waals surface area contributed by atoms with Crippen molar-refractivity contribution in [2.45, 2.75) is 25.4 Å². The minimum absolute atomic E-state index is 0.00736. The third kappa shape index (κ3) is 3.66. The van der Waals surface area contributed by atoms with Gasteiger partial charge >= 0.3 is 5.63 Å². The van der Waals surface area contributed by atoms with Crippen LogP contribution in [0.5, 0.6) is 0 Å². The van der Waals surface area contributed by atoms with Crippen LogP contribution in [-0.4, -0.2) is 61.1 Å². The minimum Gasteiger partial charge on any atom is -0.422 e. The molecule has 1 unspecified atom stereocenters. The maximum absolute atomic E-state index is 13.0. The maximum atomic E-state index is 13.0. The van der Waals surface area contributed by atoms with Gasteiger partial charge in [-0.3, -0.25) is 4.79 Å². The summed E-state index contributed by atoms with van der Waals surface area (Å²) in [5, 5.41) is 0.759. The predicted octanol–water partition coefficient (Wildman–Crippen LogP) is 2.12. The van der Waals surface area contributed by atoms with Gasteiger partial charge in [0.15, 0.2) is 0 Å². The smallest absolute Gasteiger partial charge is 0.349 e. The Bertz CT molecular complexity index is 841. The van der Waals surface area contributed by atoms with Crippen molar-refractivity contribution >= 4 is 16.9 Å². The van der Waals surface area contributed by atoms with Crippen molar-refractivity contribution in [1.29, 1.82) is 0 Å². The molecule has 0 aliphatic carbocycles. The fourth-order valence-corrected chi connectivity index (χ4v) is 3.82. The first kappa shape index (κ1) is 17.2. The summed E-state index contributed by atoms with van der Waals surface area (Å²) in [5.41, 5.74) is 0.0284. The topological polar surface area (TPSA) is 63.0 Å². The highest BCUT2D eigenvalue weighted by Crippen LogP contribution is 2.17. The van der Waals surface area contributed by atoms with E-state index in [9.17, 15) is 9.59 Å². The SMILES string of the molecule is O=C(c1cc2ccccc2oc1=O)N1CCCOC(CN2CCCC2)C1. The van der Waals surface area contributed by atoms with Gasteiger partial charge in [-0.2, -0.15) is 0 Å². The Morgan fingerprint density at radius 3 is 2.77 bits per heavy atom. The monoisotopic (exact) mass is 356 g/mol. The molecule has 2 saturated heterocycles. The van der Waals surface area contributed by atoms with E-state index in [1.165, 1.54) is 12.8 Å². The van der Waals surface area contributed by atoms with E-state index in [-0.39, 0.29) is 17.6 Å². The van der Waals surface area contributed by atoms with Crippen molar-refractivity contribution in [3.8, 4) is 0 Å².